The summed E-state index contributed by atoms with van der Waals surface area (Å²) in [6, 6.07) is 15.4. The van der Waals surface area contributed by atoms with Gasteiger partial charge in [0.15, 0.2) is 5.17 Å². The van der Waals surface area contributed by atoms with Crippen LogP contribution in [0.4, 0.5) is 0 Å². The summed E-state index contributed by atoms with van der Waals surface area (Å²) in [7, 11) is 0. The molecule has 0 aliphatic carbocycles. The molecule has 0 aromatic heterocycles. The fourth-order valence-corrected chi connectivity index (χ4v) is 4.85. The summed E-state index contributed by atoms with van der Waals surface area (Å²) in [6.45, 7) is 4.23. The highest BCUT2D eigenvalue weighted by atomic mass is 35.5. The number of fused-ring (bicyclic) bond motifs is 1. The maximum atomic E-state index is 12.2. The molecule has 4 rings (SSSR count). The molecule has 2 aliphatic rings. The lowest BCUT2D eigenvalue weighted by Crippen LogP contribution is -2.32. The number of thioether (sulfide) groups is 1. The molecule has 0 unspecified atom stereocenters. The number of carbonyl (C=O) groups is 1. The van der Waals surface area contributed by atoms with Crippen LogP contribution in [-0.4, -0.2) is 22.6 Å². The van der Waals surface area contributed by atoms with E-state index < -0.39 is 5.54 Å². The summed E-state index contributed by atoms with van der Waals surface area (Å²) in [5.41, 5.74) is 1.56. The van der Waals surface area contributed by atoms with Gasteiger partial charge in [-0.15, -0.1) is 0 Å². The highest BCUT2D eigenvalue weighted by Crippen LogP contribution is 2.52. The van der Waals surface area contributed by atoms with Gasteiger partial charge in [0, 0.05) is 16.2 Å². The Balaban J connectivity index is 1.79. The van der Waals surface area contributed by atoms with Crippen LogP contribution >= 0.6 is 35.0 Å². The molecule has 0 radical (unpaired) electrons. The van der Waals surface area contributed by atoms with Crippen molar-refractivity contribution in [2.75, 3.05) is 6.61 Å². The molecule has 0 amide bonds. The van der Waals surface area contributed by atoms with Crippen LogP contribution in [0.15, 0.2) is 64.6 Å². The SMILES string of the molecule is CCOC(=O)C1=CN2C(=N[C@@](C)(c3ccc(Cl)cc3)[C@H]2c2ccc(Cl)cc2)S1. The van der Waals surface area contributed by atoms with Gasteiger partial charge < -0.3 is 9.64 Å². The van der Waals surface area contributed by atoms with E-state index in [0.717, 1.165) is 16.3 Å². The van der Waals surface area contributed by atoms with E-state index in [9.17, 15) is 4.79 Å². The standard InChI is InChI=1S/C21H18Cl2N2O2S/c1-3-27-19(26)17-12-25-18(13-4-8-15(22)9-5-13)21(2,24-20(25)28-17)14-6-10-16(23)11-7-14/h4-12,18H,3H2,1-2H3/t18-,21+/m1/s1. The third kappa shape index (κ3) is 3.32. The molecule has 2 aromatic rings. The second kappa shape index (κ2) is 7.47. The average molecular weight is 433 g/mol. The minimum absolute atomic E-state index is 0.125. The van der Waals surface area contributed by atoms with Crippen LogP contribution in [0, 0.1) is 0 Å². The van der Waals surface area contributed by atoms with Crippen molar-refractivity contribution in [2.24, 2.45) is 4.99 Å². The van der Waals surface area contributed by atoms with Crippen molar-refractivity contribution in [1.82, 2.24) is 4.90 Å². The van der Waals surface area contributed by atoms with Crippen LogP contribution < -0.4 is 0 Å². The molecule has 0 saturated heterocycles. The van der Waals surface area contributed by atoms with E-state index in [2.05, 4.69) is 11.8 Å². The number of benzene rings is 2. The molecule has 0 spiro atoms. The Hall–Kier alpha value is -1.95. The van der Waals surface area contributed by atoms with Crippen molar-refractivity contribution in [3.8, 4) is 0 Å². The second-order valence-electron chi connectivity index (χ2n) is 6.73. The van der Waals surface area contributed by atoms with Gasteiger partial charge in [0.2, 0.25) is 0 Å². The summed E-state index contributed by atoms with van der Waals surface area (Å²) in [5, 5.41) is 2.13. The van der Waals surface area contributed by atoms with E-state index in [1.54, 1.807) is 6.92 Å². The van der Waals surface area contributed by atoms with Crippen LogP contribution in [-0.2, 0) is 15.1 Å². The first-order chi connectivity index (χ1) is 13.4. The number of hydrogen-bond donors (Lipinski definition) is 0. The highest BCUT2D eigenvalue weighted by molar-refractivity contribution is 8.18. The molecule has 2 atom stereocenters. The molecule has 2 aliphatic heterocycles. The number of ether oxygens (including phenoxy) is 1. The van der Waals surface area contributed by atoms with Crippen LogP contribution in [0.5, 0.6) is 0 Å². The summed E-state index contributed by atoms with van der Waals surface area (Å²) in [5.74, 6) is -0.326. The molecular formula is C21H18Cl2N2O2S. The smallest absolute Gasteiger partial charge is 0.346 e. The molecule has 28 heavy (non-hydrogen) atoms. The molecule has 0 N–H and O–H groups in total. The topological polar surface area (TPSA) is 41.9 Å². The Labute approximate surface area is 178 Å². The lowest BCUT2D eigenvalue weighted by Gasteiger charge is -2.33. The van der Waals surface area contributed by atoms with Crippen LogP contribution in [0.1, 0.15) is 31.0 Å². The predicted octanol–water partition coefficient (Wildman–Crippen LogP) is 5.77. The number of hydrogen-bond acceptors (Lipinski definition) is 5. The minimum Gasteiger partial charge on any atom is -0.462 e. The quantitative estimate of drug-likeness (QED) is 0.574. The summed E-state index contributed by atoms with van der Waals surface area (Å²) >= 11 is 13.5. The van der Waals surface area contributed by atoms with E-state index in [1.807, 2.05) is 54.7 Å². The summed E-state index contributed by atoms with van der Waals surface area (Å²) in [4.78, 5) is 19.8. The van der Waals surface area contributed by atoms with Gasteiger partial charge in [0.1, 0.15) is 10.4 Å². The largest absolute Gasteiger partial charge is 0.462 e. The van der Waals surface area contributed by atoms with Crippen LogP contribution in [0.3, 0.4) is 0 Å². The lowest BCUT2D eigenvalue weighted by atomic mass is 9.82. The van der Waals surface area contributed by atoms with Crippen molar-refractivity contribution in [1.29, 1.82) is 0 Å². The Morgan fingerprint density at radius 3 is 2.36 bits per heavy atom. The summed E-state index contributed by atoms with van der Waals surface area (Å²) < 4.78 is 5.16. The number of carbonyl (C=O) groups excluding carboxylic acids is 1. The first kappa shape index (κ1) is 19.4. The zero-order chi connectivity index (χ0) is 19.9. The van der Waals surface area contributed by atoms with Crippen molar-refractivity contribution in [3.63, 3.8) is 0 Å². The Bertz CT molecular complexity index is 973. The van der Waals surface area contributed by atoms with E-state index in [1.165, 1.54) is 11.8 Å². The van der Waals surface area contributed by atoms with Gasteiger partial charge in [-0.2, -0.15) is 0 Å². The number of amidine groups is 1. The van der Waals surface area contributed by atoms with Gasteiger partial charge in [0.05, 0.1) is 12.6 Å². The Morgan fingerprint density at radius 1 is 1.14 bits per heavy atom. The Morgan fingerprint density at radius 2 is 1.75 bits per heavy atom. The number of rotatable bonds is 4. The number of esters is 1. The maximum absolute atomic E-state index is 12.2. The Kier molecular flexibility index (Phi) is 5.17. The van der Waals surface area contributed by atoms with Gasteiger partial charge in [-0.05, 0) is 61.0 Å². The van der Waals surface area contributed by atoms with Crippen molar-refractivity contribution in [2.45, 2.75) is 25.4 Å². The van der Waals surface area contributed by atoms with Gasteiger partial charge in [-0.25, -0.2) is 9.79 Å². The molecule has 144 valence electrons. The molecule has 4 nitrogen and oxygen atoms in total. The van der Waals surface area contributed by atoms with Gasteiger partial charge >= 0.3 is 5.97 Å². The van der Waals surface area contributed by atoms with Crippen molar-refractivity contribution < 1.29 is 9.53 Å². The van der Waals surface area contributed by atoms with Gasteiger partial charge in [0.25, 0.3) is 0 Å². The fraction of sp³-hybridized carbons (Fsp3) is 0.238. The lowest BCUT2D eigenvalue weighted by molar-refractivity contribution is -0.137. The number of nitrogens with zero attached hydrogens (tertiary/aromatic N) is 2. The zero-order valence-corrected chi connectivity index (χ0v) is 17.7. The second-order valence-corrected chi connectivity index (χ2v) is 8.61. The first-order valence-corrected chi connectivity index (χ1v) is 10.5. The molecule has 0 fully saturated rings. The minimum atomic E-state index is -0.544. The van der Waals surface area contributed by atoms with E-state index in [4.69, 9.17) is 32.9 Å². The monoisotopic (exact) mass is 432 g/mol. The molecule has 2 aromatic carbocycles. The molecule has 0 saturated carbocycles. The third-order valence-electron chi connectivity index (χ3n) is 4.91. The summed E-state index contributed by atoms with van der Waals surface area (Å²) in [6.07, 6.45) is 1.84. The number of halogens is 2. The van der Waals surface area contributed by atoms with Gasteiger partial charge in [-0.3, -0.25) is 0 Å². The zero-order valence-electron chi connectivity index (χ0n) is 15.4. The van der Waals surface area contributed by atoms with E-state index in [-0.39, 0.29) is 12.0 Å². The highest BCUT2D eigenvalue weighted by Gasteiger charge is 2.49. The van der Waals surface area contributed by atoms with Gasteiger partial charge in [-0.1, -0.05) is 47.5 Å². The van der Waals surface area contributed by atoms with E-state index in [0.29, 0.717) is 21.6 Å². The molecule has 7 heteroatoms. The average Bonchev–Trinajstić information content (AvgIpc) is 3.18. The van der Waals surface area contributed by atoms with Crippen LogP contribution in [0.25, 0.3) is 0 Å². The fourth-order valence-electron chi connectivity index (χ4n) is 3.59. The van der Waals surface area contributed by atoms with Crippen LogP contribution in [0.2, 0.25) is 10.0 Å². The normalized spacial score (nSPS) is 23.3. The predicted molar refractivity (Wildman–Crippen MR) is 115 cm³/mol. The van der Waals surface area contributed by atoms with Crippen molar-refractivity contribution >= 4 is 46.1 Å². The maximum Gasteiger partial charge on any atom is 0.346 e. The third-order valence-corrected chi connectivity index (χ3v) is 6.39. The molecular weight excluding hydrogens is 415 g/mol. The molecule has 0 bridgehead atoms. The van der Waals surface area contributed by atoms with Crippen molar-refractivity contribution in [3.05, 3.63) is 80.8 Å². The first-order valence-electron chi connectivity index (χ1n) is 8.89. The number of aliphatic imine (C=N–C) groups is 1. The van der Waals surface area contributed by atoms with E-state index >= 15 is 0 Å². The molecule has 2 heterocycles.